The molecule has 0 aliphatic carbocycles. The van der Waals surface area contributed by atoms with Crippen molar-refractivity contribution < 1.29 is 4.79 Å². The van der Waals surface area contributed by atoms with E-state index in [0.29, 0.717) is 16.4 Å². The number of amidine groups is 1. The van der Waals surface area contributed by atoms with Gasteiger partial charge in [0.15, 0.2) is 11.4 Å². The zero-order chi connectivity index (χ0) is 12.0. The number of rotatable bonds is 2. The van der Waals surface area contributed by atoms with Crippen LogP contribution in [0.15, 0.2) is 29.3 Å². The molecular formula is C10H10N4OS. The van der Waals surface area contributed by atoms with E-state index in [0.717, 1.165) is 0 Å². The molecule has 1 amide bonds. The summed E-state index contributed by atoms with van der Waals surface area (Å²) in [6, 6.07) is 6.50. The molecule has 6 heteroatoms. The Morgan fingerprint density at radius 1 is 1.50 bits per heavy atom. The lowest BCUT2D eigenvalue weighted by molar-refractivity contribution is 0.100. The van der Waals surface area contributed by atoms with Gasteiger partial charge in [-0.15, -0.1) is 0 Å². The van der Waals surface area contributed by atoms with Crippen LogP contribution in [-0.2, 0) is 0 Å². The van der Waals surface area contributed by atoms with Crippen LogP contribution in [0.3, 0.4) is 0 Å². The maximum Gasteiger partial charge on any atom is 0.248 e. The van der Waals surface area contributed by atoms with Gasteiger partial charge in [-0.1, -0.05) is 11.8 Å². The molecule has 0 saturated heterocycles. The van der Waals surface area contributed by atoms with Gasteiger partial charge < -0.3 is 5.73 Å². The minimum atomic E-state index is -0.476. The Morgan fingerprint density at radius 3 is 2.56 bits per heavy atom. The number of amides is 1. The second-order valence-electron chi connectivity index (χ2n) is 2.77. The van der Waals surface area contributed by atoms with Gasteiger partial charge in [0.25, 0.3) is 0 Å². The van der Waals surface area contributed by atoms with Crippen LogP contribution in [0.25, 0.3) is 0 Å². The highest BCUT2D eigenvalue weighted by Crippen LogP contribution is 2.14. The van der Waals surface area contributed by atoms with Crippen molar-refractivity contribution in [1.82, 2.24) is 5.32 Å². The van der Waals surface area contributed by atoms with Gasteiger partial charge in [-0.25, -0.2) is 4.99 Å². The number of nitrogens with zero attached hydrogens (tertiary/aromatic N) is 2. The Kier molecular flexibility index (Phi) is 4.36. The van der Waals surface area contributed by atoms with Gasteiger partial charge in [0.05, 0.1) is 5.69 Å². The first-order valence-electron chi connectivity index (χ1n) is 4.35. The highest BCUT2D eigenvalue weighted by atomic mass is 32.2. The average molecular weight is 234 g/mol. The van der Waals surface area contributed by atoms with E-state index in [-0.39, 0.29) is 0 Å². The molecular weight excluding hydrogens is 224 g/mol. The number of aliphatic imine (C=N–C) groups is 1. The van der Waals surface area contributed by atoms with Crippen molar-refractivity contribution in [2.45, 2.75) is 0 Å². The molecule has 0 atom stereocenters. The zero-order valence-corrected chi connectivity index (χ0v) is 9.41. The molecule has 1 rings (SSSR count). The predicted octanol–water partition coefficient (Wildman–Crippen LogP) is 1.21. The Bertz CT molecular complexity index is 447. The number of hydrogen-bond acceptors (Lipinski definition) is 4. The number of primary amides is 1. The Morgan fingerprint density at radius 2 is 2.12 bits per heavy atom. The lowest BCUT2D eigenvalue weighted by atomic mass is 10.2. The number of nitriles is 1. The molecule has 3 N–H and O–H groups in total. The van der Waals surface area contributed by atoms with Crippen LogP contribution in [0.5, 0.6) is 0 Å². The molecule has 0 radical (unpaired) electrons. The Hall–Kier alpha value is -2.00. The SMILES string of the molecule is CSC(=Nc1ccc(C(N)=O)cc1)NC#N. The molecule has 0 spiro atoms. The third-order valence-electron chi connectivity index (χ3n) is 1.74. The fourth-order valence-corrected chi connectivity index (χ4v) is 1.33. The molecule has 0 unspecified atom stereocenters. The number of carbonyl (C=O) groups excluding carboxylic acids is 1. The van der Waals surface area contributed by atoms with Crippen LogP contribution in [-0.4, -0.2) is 17.3 Å². The summed E-state index contributed by atoms with van der Waals surface area (Å²) in [5.41, 5.74) is 6.18. The number of thioether (sulfide) groups is 1. The maximum atomic E-state index is 10.8. The molecule has 1 aromatic rings. The first kappa shape index (κ1) is 12.1. The van der Waals surface area contributed by atoms with Crippen LogP contribution in [0.4, 0.5) is 5.69 Å². The van der Waals surface area contributed by atoms with E-state index < -0.39 is 5.91 Å². The van der Waals surface area contributed by atoms with E-state index in [1.165, 1.54) is 11.8 Å². The van der Waals surface area contributed by atoms with Gasteiger partial charge in [-0.3, -0.25) is 10.1 Å². The normalized spacial score (nSPS) is 10.6. The van der Waals surface area contributed by atoms with E-state index in [9.17, 15) is 4.79 Å². The van der Waals surface area contributed by atoms with E-state index >= 15 is 0 Å². The van der Waals surface area contributed by atoms with Crippen LogP contribution in [0.1, 0.15) is 10.4 Å². The molecule has 16 heavy (non-hydrogen) atoms. The summed E-state index contributed by atoms with van der Waals surface area (Å²) in [4.78, 5) is 15.0. The second-order valence-corrected chi connectivity index (χ2v) is 3.56. The summed E-state index contributed by atoms with van der Waals surface area (Å²) < 4.78 is 0. The number of nitrogens with two attached hydrogens (primary N) is 1. The van der Waals surface area contributed by atoms with Crippen LogP contribution in [0, 0.1) is 11.5 Å². The van der Waals surface area contributed by atoms with Crippen molar-refractivity contribution in [1.29, 1.82) is 5.26 Å². The lowest BCUT2D eigenvalue weighted by Gasteiger charge is -2.00. The van der Waals surface area contributed by atoms with Gasteiger partial charge in [0.1, 0.15) is 0 Å². The van der Waals surface area contributed by atoms with Crippen molar-refractivity contribution in [3.8, 4) is 6.19 Å². The largest absolute Gasteiger partial charge is 0.366 e. The highest BCUT2D eigenvalue weighted by molar-refractivity contribution is 8.13. The Labute approximate surface area is 97.4 Å². The molecule has 0 aliphatic rings. The summed E-state index contributed by atoms with van der Waals surface area (Å²) in [5, 5.41) is 11.4. The molecule has 0 saturated carbocycles. The molecule has 0 aromatic heterocycles. The van der Waals surface area contributed by atoms with Gasteiger partial charge >= 0.3 is 0 Å². The third kappa shape index (κ3) is 3.29. The van der Waals surface area contributed by atoms with Gasteiger partial charge in [-0.05, 0) is 30.5 Å². The fraction of sp³-hybridized carbons (Fsp3) is 0.100. The summed E-state index contributed by atoms with van der Waals surface area (Å²) in [6.45, 7) is 0. The summed E-state index contributed by atoms with van der Waals surface area (Å²) >= 11 is 1.32. The van der Waals surface area contributed by atoms with Gasteiger partial charge in [0.2, 0.25) is 5.91 Å². The first-order chi connectivity index (χ1) is 7.67. The standard InChI is InChI=1S/C10H10N4OS/c1-16-10(13-6-11)14-8-4-2-7(3-5-8)9(12)15/h2-5H,1H3,(H2,12,15)(H,13,14). The summed E-state index contributed by atoms with van der Waals surface area (Å²) in [6.07, 6.45) is 3.60. The van der Waals surface area contributed by atoms with E-state index in [4.69, 9.17) is 11.0 Å². The van der Waals surface area contributed by atoms with Crippen LogP contribution < -0.4 is 11.1 Å². The predicted molar refractivity (Wildman–Crippen MR) is 64.3 cm³/mol. The van der Waals surface area contributed by atoms with Crippen LogP contribution in [0.2, 0.25) is 0 Å². The highest BCUT2D eigenvalue weighted by Gasteiger charge is 2.00. The molecule has 5 nitrogen and oxygen atoms in total. The molecule has 0 fully saturated rings. The fourth-order valence-electron chi connectivity index (χ4n) is 0.990. The second kappa shape index (κ2) is 5.78. The smallest absolute Gasteiger partial charge is 0.248 e. The minimum Gasteiger partial charge on any atom is -0.366 e. The molecule has 82 valence electrons. The monoisotopic (exact) mass is 234 g/mol. The summed E-state index contributed by atoms with van der Waals surface area (Å²) in [7, 11) is 0. The van der Waals surface area contributed by atoms with Gasteiger partial charge in [0, 0.05) is 5.56 Å². The number of hydrogen-bond donors (Lipinski definition) is 2. The van der Waals surface area contributed by atoms with Crippen molar-refractivity contribution in [2.75, 3.05) is 6.26 Å². The quantitative estimate of drug-likeness (QED) is 0.348. The number of benzene rings is 1. The van der Waals surface area contributed by atoms with E-state index in [1.807, 2.05) is 0 Å². The number of nitrogens with one attached hydrogen (secondary N) is 1. The van der Waals surface area contributed by atoms with Gasteiger partial charge in [-0.2, -0.15) is 5.26 Å². The molecule has 1 aromatic carbocycles. The minimum absolute atomic E-state index is 0.429. The molecule has 0 aliphatic heterocycles. The van der Waals surface area contributed by atoms with Crippen molar-refractivity contribution in [3.05, 3.63) is 29.8 Å². The molecule has 0 heterocycles. The molecule has 0 bridgehead atoms. The third-order valence-corrected chi connectivity index (χ3v) is 2.32. The topological polar surface area (TPSA) is 91.3 Å². The maximum absolute atomic E-state index is 10.8. The first-order valence-corrected chi connectivity index (χ1v) is 5.57. The zero-order valence-electron chi connectivity index (χ0n) is 8.60. The van der Waals surface area contributed by atoms with Crippen molar-refractivity contribution in [3.63, 3.8) is 0 Å². The summed E-state index contributed by atoms with van der Waals surface area (Å²) in [5.74, 6) is -0.476. The van der Waals surface area contributed by atoms with Crippen molar-refractivity contribution in [2.24, 2.45) is 10.7 Å². The van der Waals surface area contributed by atoms with Crippen LogP contribution >= 0.6 is 11.8 Å². The average Bonchev–Trinajstić information content (AvgIpc) is 2.29. The van der Waals surface area contributed by atoms with Crippen molar-refractivity contribution >= 4 is 28.5 Å². The van der Waals surface area contributed by atoms with E-state index in [1.54, 1.807) is 36.7 Å². The van der Waals surface area contributed by atoms with E-state index in [2.05, 4.69) is 10.3 Å². The lowest BCUT2D eigenvalue weighted by Crippen LogP contribution is -2.12. The Balaban J connectivity index is 2.90. The number of carbonyl (C=O) groups is 1.